The van der Waals surface area contributed by atoms with Gasteiger partial charge >= 0.3 is 0 Å². The van der Waals surface area contributed by atoms with E-state index in [1.165, 1.54) is 0 Å². The highest BCUT2D eigenvalue weighted by molar-refractivity contribution is 9.10. The van der Waals surface area contributed by atoms with E-state index >= 15 is 0 Å². The summed E-state index contributed by atoms with van der Waals surface area (Å²) in [5.74, 6) is 0.427. The lowest BCUT2D eigenvalue weighted by molar-refractivity contribution is 0.708. The number of nitrogens with zero attached hydrogens (tertiary/aromatic N) is 1. The van der Waals surface area contributed by atoms with Crippen molar-refractivity contribution in [2.24, 2.45) is 0 Å². The average Bonchev–Trinajstić information content (AvgIpc) is 2.10. The zero-order valence-electron chi connectivity index (χ0n) is 8.26. The lowest BCUT2D eigenvalue weighted by Crippen LogP contribution is -2.04. The maximum atomic E-state index is 5.94. The zero-order chi connectivity index (χ0) is 10.0. The molecule has 1 rings (SSSR count). The number of pyridine rings is 1. The van der Waals surface area contributed by atoms with Gasteiger partial charge in [-0.05, 0) is 40.9 Å². The molecule has 1 unspecified atom stereocenters. The molecule has 1 aromatic heterocycles. The molecule has 2 nitrogen and oxygen atoms in total. The molecule has 1 atom stereocenters. The first-order chi connectivity index (χ1) is 6.06. The normalized spacial score (nSPS) is 12.9. The van der Waals surface area contributed by atoms with Gasteiger partial charge in [0, 0.05) is 5.92 Å². The topological polar surface area (TPSA) is 38.9 Å². The van der Waals surface area contributed by atoms with Gasteiger partial charge in [-0.3, -0.25) is 0 Å². The van der Waals surface area contributed by atoms with E-state index in [1.807, 2.05) is 13.0 Å². The van der Waals surface area contributed by atoms with E-state index in [0.717, 1.165) is 28.0 Å². The number of aromatic nitrogens is 1. The Morgan fingerprint density at radius 1 is 1.62 bits per heavy atom. The molecule has 0 amide bonds. The Labute approximate surface area is 87.7 Å². The fourth-order valence-electron chi connectivity index (χ4n) is 1.23. The summed E-state index contributed by atoms with van der Waals surface area (Å²) >= 11 is 3.38. The summed E-state index contributed by atoms with van der Waals surface area (Å²) in [6, 6.07) is 1.95. The number of aryl methyl sites for hydroxylation is 1. The summed E-state index contributed by atoms with van der Waals surface area (Å²) in [6.07, 6.45) is 1.06. The van der Waals surface area contributed by atoms with E-state index in [9.17, 15) is 0 Å². The van der Waals surface area contributed by atoms with E-state index in [4.69, 9.17) is 5.73 Å². The monoisotopic (exact) mass is 242 g/mol. The van der Waals surface area contributed by atoms with Crippen molar-refractivity contribution in [3.63, 3.8) is 0 Å². The molecule has 72 valence electrons. The molecule has 0 saturated carbocycles. The summed E-state index contributed by atoms with van der Waals surface area (Å²) in [5.41, 5.74) is 8.88. The number of nitrogen functional groups attached to an aromatic ring is 1. The second kappa shape index (κ2) is 4.09. The Morgan fingerprint density at radius 2 is 2.23 bits per heavy atom. The van der Waals surface area contributed by atoms with Crippen molar-refractivity contribution in [3.05, 3.63) is 21.9 Å². The first-order valence-electron chi connectivity index (χ1n) is 4.48. The number of hydrogen-bond donors (Lipinski definition) is 1. The fraction of sp³-hybridized carbons (Fsp3) is 0.500. The summed E-state index contributed by atoms with van der Waals surface area (Å²) in [5, 5.41) is 0. The number of nitrogens with two attached hydrogens (primary N) is 1. The third-order valence-corrected chi connectivity index (χ3v) is 2.75. The molecule has 0 aliphatic heterocycles. The Balaban J connectivity index is 3.20. The first kappa shape index (κ1) is 10.5. The molecule has 0 bridgehead atoms. The highest BCUT2D eigenvalue weighted by Gasteiger charge is 2.11. The molecule has 3 heteroatoms. The van der Waals surface area contributed by atoms with Crippen molar-refractivity contribution < 1.29 is 0 Å². The van der Waals surface area contributed by atoms with E-state index in [1.54, 1.807) is 0 Å². The van der Waals surface area contributed by atoms with Gasteiger partial charge in [-0.2, -0.15) is 0 Å². The van der Waals surface area contributed by atoms with Gasteiger partial charge < -0.3 is 5.73 Å². The SMILES string of the molecule is CCC(C)c1nc(Br)cc(C)c1N. The van der Waals surface area contributed by atoms with Crippen molar-refractivity contribution in [1.29, 1.82) is 0 Å². The Hall–Kier alpha value is -0.570. The number of anilines is 1. The zero-order valence-corrected chi connectivity index (χ0v) is 9.85. The van der Waals surface area contributed by atoms with Gasteiger partial charge in [0.1, 0.15) is 4.60 Å². The molecule has 0 radical (unpaired) electrons. The average molecular weight is 243 g/mol. The van der Waals surface area contributed by atoms with Crippen molar-refractivity contribution in [2.45, 2.75) is 33.1 Å². The van der Waals surface area contributed by atoms with Crippen LogP contribution in [0.5, 0.6) is 0 Å². The van der Waals surface area contributed by atoms with E-state index in [2.05, 4.69) is 34.8 Å². The van der Waals surface area contributed by atoms with Crippen LogP contribution in [0.25, 0.3) is 0 Å². The van der Waals surface area contributed by atoms with Crippen molar-refractivity contribution in [1.82, 2.24) is 4.98 Å². The minimum absolute atomic E-state index is 0.427. The maximum Gasteiger partial charge on any atom is 0.106 e. The first-order valence-corrected chi connectivity index (χ1v) is 5.28. The molecule has 0 aliphatic rings. The van der Waals surface area contributed by atoms with Crippen LogP contribution in [0.1, 0.15) is 37.4 Å². The second-order valence-electron chi connectivity index (χ2n) is 3.37. The van der Waals surface area contributed by atoms with Crippen molar-refractivity contribution >= 4 is 21.6 Å². The molecule has 1 aromatic rings. The van der Waals surface area contributed by atoms with Crippen LogP contribution < -0.4 is 5.73 Å². The van der Waals surface area contributed by atoms with Crippen LogP contribution in [-0.4, -0.2) is 4.98 Å². The smallest absolute Gasteiger partial charge is 0.106 e. The molecule has 0 spiro atoms. The highest BCUT2D eigenvalue weighted by Crippen LogP contribution is 2.27. The summed E-state index contributed by atoms with van der Waals surface area (Å²) in [4.78, 5) is 4.40. The molecular weight excluding hydrogens is 228 g/mol. The van der Waals surface area contributed by atoms with E-state index in [-0.39, 0.29) is 0 Å². The quantitative estimate of drug-likeness (QED) is 0.810. The predicted molar refractivity (Wildman–Crippen MR) is 59.8 cm³/mol. The van der Waals surface area contributed by atoms with E-state index < -0.39 is 0 Å². The number of halogens is 1. The van der Waals surface area contributed by atoms with E-state index in [0.29, 0.717) is 5.92 Å². The van der Waals surface area contributed by atoms with Crippen LogP contribution in [0.15, 0.2) is 10.7 Å². The van der Waals surface area contributed by atoms with Crippen LogP contribution in [0, 0.1) is 6.92 Å². The number of hydrogen-bond acceptors (Lipinski definition) is 2. The van der Waals surface area contributed by atoms with Gasteiger partial charge in [-0.25, -0.2) is 4.98 Å². The summed E-state index contributed by atoms with van der Waals surface area (Å²) in [7, 11) is 0. The van der Waals surface area contributed by atoms with Gasteiger partial charge in [0.25, 0.3) is 0 Å². The summed E-state index contributed by atoms with van der Waals surface area (Å²) in [6.45, 7) is 6.29. The lowest BCUT2D eigenvalue weighted by atomic mass is 10.0. The molecule has 13 heavy (non-hydrogen) atoms. The molecule has 0 saturated heterocycles. The Kier molecular flexibility index (Phi) is 3.31. The predicted octanol–water partition coefficient (Wildman–Crippen LogP) is 3.25. The lowest BCUT2D eigenvalue weighted by Gasteiger charge is -2.13. The molecule has 0 fully saturated rings. The fourth-order valence-corrected chi connectivity index (χ4v) is 1.77. The Morgan fingerprint density at radius 3 is 2.77 bits per heavy atom. The minimum Gasteiger partial charge on any atom is -0.397 e. The third kappa shape index (κ3) is 2.21. The van der Waals surface area contributed by atoms with Gasteiger partial charge in [-0.15, -0.1) is 0 Å². The maximum absolute atomic E-state index is 5.94. The van der Waals surface area contributed by atoms with Gasteiger partial charge in [0.2, 0.25) is 0 Å². The largest absolute Gasteiger partial charge is 0.397 e. The van der Waals surface area contributed by atoms with Gasteiger partial charge in [-0.1, -0.05) is 13.8 Å². The van der Waals surface area contributed by atoms with Crippen LogP contribution >= 0.6 is 15.9 Å². The molecule has 0 aromatic carbocycles. The molecular formula is C10H15BrN2. The molecule has 0 aliphatic carbocycles. The number of rotatable bonds is 2. The molecule has 1 heterocycles. The Bertz CT molecular complexity index is 310. The molecule has 2 N–H and O–H groups in total. The minimum atomic E-state index is 0.427. The van der Waals surface area contributed by atoms with Crippen LogP contribution in [0.3, 0.4) is 0 Å². The highest BCUT2D eigenvalue weighted by atomic mass is 79.9. The second-order valence-corrected chi connectivity index (χ2v) is 4.18. The van der Waals surface area contributed by atoms with Crippen LogP contribution in [0.2, 0.25) is 0 Å². The third-order valence-electron chi connectivity index (χ3n) is 2.34. The standard InChI is InChI=1S/C10H15BrN2/c1-4-6(2)10-9(12)7(3)5-8(11)13-10/h5-6H,4,12H2,1-3H3. The van der Waals surface area contributed by atoms with Crippen molar-refractivity contribution in [3.8, 4) is 0 Å². The van der Waals surface area contributed by atoms with Crippen molar-refractivity contribution in [2.75, 3.05) is 5.73 Å². The van der Waals surface area contributed by atoms with Gasteiger partial charge in [0.15, 0.2) is 0 Å². The van der Waals surface area contributed by atoms with Gasteiger partial charge in [0.05, 0.1) is 11.4 Å². The van der Waals surface area contributed by atoms with Crippen LogP contribution in [-0.2, 0) is 0 Å². The van der Waals surface area contributed by atoms with Crippen LogP contribution in [0.4, 0.5) is 5.69 Å². The summed E-state index contributed by atoms with van der Waals surface area (Å²) < 4.78 is 0.870.